The lowest BCUT2D eigenvalue weighted by Gasteiger charge is -2.19. The molecule has 0 bridgehead atoms. The summed E-state index contributed by atoms with van der Waals surface area (Å²) >= 11 is 0. The van der Waals surface area contributed by atoms with Gasteiger partial charge in [0.1, 0.15) is 29.6 Å². The number of fused-ring (bicyclic) bond motifs is 1. The molecule has 8 aromatic rings. The van der Waals surface area contributed by atoms with Crippen LogP contribution in [0.15, 0.2) is 128 Å². The topological polar surface area (TPSA) is 394 Å². The van der Waals surface area contributed by atoms with E-state index in [4.69, 9.17) is 33.3 Å². The molecule has 30 nitrogen and oxygen atoms in total. The van der Waals surface area contributed by atoms with E-state index in [0.717, 1.165) is 48.6 Å². The number of sulfone groups is 1. The average Bonchev–Trinajstić information content (AvgIpc) is 1.59. The monoisotopic (exact) mass is 1560 g/mol. The van der Waals surface area contributed by atoms with E-state index < -0.39 is 64.4 Å². The number of anilines is 1. The Hall–Kier alpha value is -10.5. The van der Waals surface area contributed by atoms with Crippen LogP contribution in [0.5, 0.6) is 23.4 Å². The zero-order valence-electron chi connectivity index (χ0n) is 61.7. The van der Waals surface area contributed by atoms with Gasteiger partial charge in [0, 0.05) is 66.9 Å². The Balaban J connectivity index is 0.000000182. The molecule has 5 heterocycles. The SMILES string of the molecule is CCc1cc(C)cc(CC)c1-c1c(OC(=O)C(C)(C)C)n2n(c1=O)CCOCC2.COCc1cccc(C(O)c2nc(OC)cc(OC)n2)c1NS(=O)(=O)C(F)F.COc1ccccc1C(=O)NS(=O)(=O)c1ccc(C(=O)NC2CC2)cc1.Cc1c(C(=O)c2c[nH]n(C)c2=O)ccc(S(C)(=O)=O)c1C1=NOCC1. The fraction of sp³-hybridized carbons (Fsp3) is 0.384. The lowest BCUT2D eigenvalue weighted by molar-refractivity contribution is -0.143. The number of alkyl halides is 2. The molecule has 1 unspecified atom stereocenters. The number of amides is 2. The van der Waals surface area contributed by atoms with Gasteiger partial charge in [-0.1, -0.05) is 67.0 Å². The van der Waals surface area contributed by atoms with Gasteiger partial charge in [-0.25, -0.2) is 39.3 Å². The number of aryl methyl sites for hydroxylation is 4. The Kier molecular flexibility index (Phi) is 27.3. The molecule has 5 aromatic carbocycles. The third-order valence-electron chi connectivity index (χ3n) is 17.0. The molecular weight excluding hydrogens is 1470 g/mol. The molecule has 2 aliphatic heterocycles. The van der Waals surface area contributed by atoms with E-state index in [0.29, 0.717) is 73.2 Å². The van der Waals surface area contributed by atoms with Crippen molar-refractivity contribution in [1.82, 2.24) is 39.2 Å². The number of methoxy groups -OCH3 is 4. The summed E-state index contributed by atoms with van der Waals surface area (Å²) in [6.07, 6.45) is 4.84. The molecule has 108 heavy (non-hydrogen) atoms. The van der Waals surface area contributed by atoms with Crippen molar-refractivity contribution < 1.29 is 91.6 Å². The molecule has 0 spiro atoms. The van der Waals surface area contributed by atoms with Crippen molar-refractivity contribution in [3.8, 4) is 34.5 Å². The number of nitrogens with one attached hydrogen (secondary N) is 4. The van der Waals surface area contributed by atoms with Crippen LogP contribution in [0.4, 0.5) is 14.5 Å². The van der Waals surface area contributed by atoms with Gasteiger partial charge in [0.25, 0.3) is 43.0 Å². The molecule has 580 valence electrons. The highest BCUT2D eigenvalue weighted by molar-refractivity contribution is 7.93. The third kappa shape index (κ3) is 19.8. The number of benzene rings is 5. The Morgan fingerprint density at radius 3 is 1.90 bits per heavy atom. The second-order valence-electron chi connectivity index (χ2n) is 25.9. The molecule has 11 rings (SSSR count). The van der Waals surface area contributed by atoms with Crippen LogP contribution in [-0.4, -0.2) is 155 Å². The maximum atomic E-state index is 13.5. The van der Waals surface area contributed by atoms with Crippen LogP contribution in [0.2, 0.25) is 0 Å². The van der Waals surface area contributed by atoms with Gasteiger partial charge >= 0.3 is 11.7 Å². The van der Waals surface area contributed by atoms with Gasteiger partial charge in [-0.05, 0) is 131 Å². The predicted octanol–water partition coefficient (Wildman–Crippen LogP) is 7.90. The van der Waals surface area contributed by atoms with Gasteiger partial charge in [-0.3, -0.25) is 38.2 Å². The minimum absolute atomic E-state index is 0.00623. The first-order valence-corrected chi connectivity index (χ1v) is 38.7. The van der Waals surface area contributed by atoms with Crippen LogP contribution in [0.3, 0.4) is 0 Å². The van der Waals surface area contributed by atoms with Crippen molar-refractivity contribution in [2.24, 2.45) is 17.6 Å². The zero-order chi connectivity index (χ0) is 79.3. The minimum Gasteiger partial charge on any atom is -0.496 e. The van der Waals surface area contributed by atoms with E-state index in [2.05, 4.69) is 58.4 Å². The number of hydrogen-bond donors (Lipinski definition) is 5. The first kappa shape index (κ1) is 83.2. The van der Waals surface area contributed by atoms with Crippen molar-refractivity contribution in [1.29, 1.82) is 0 Å². The summed E-state index contributed by atoms with van der Waals surface area (Å²) in [5.74, 6) is -4.92. The second kappa shape index (κ2) is 35.5. The highest BCUT2D eigenvalue weighted by Crippen LogP contribution is 2.38. The number of aliphatic hydroxyl groups excluding tert-OH is 1. The van der Waals surface area contributed by atoms with Gasteiger partial charge < -0.3 is 48.8 Å². The summed E-state index contributed by atoms with van der Waals surface area (Å²) in [5.41, 5.74) is 5.52. The first-order chi connectivity index (χ1) is 51.0. The van der Waals surface area contributed by atoms with E-state index in [1.807, 2.05) is 30.2 Å². The number of ether oxygens (including phenoxy) is 6. The number of aromatic nitrogens is 6. The number of carbonyl (C=O) groups is 4. The van der Waals surface area contributed by atoms with Crippen LogP contribution in [0.25, 0.3) is 11.1 Å². The first-order valence-electron chi connectivity index (χ1n) is 33.8. The molecule has 0 radical (unpaired) electrons. The number of halogens is 2. The maximum absolute atomic E-state index is 13.5. The number of hydrogen-bond acceptors (Lipinski definition) is 23. The van der Waals surface area contributed by atoms with Gasteiger partial charge in [0.15, 0.2) is 21.4 Å². The fourth-order valence-electron chi connectivity index (χ4n) is 11.3. The summed E-state index contributed by atoms with van der Waals surface area (Å²) in [7, 11) is -5.64. The highest BCUT2D eigenvalue weighted by Gasteiger charge is 2.35. The number of ketones is 1. The number of esters is 1. The Morgan fingerprint density at radius 1 is 0.731 bits per heavy atom. The molecule has 1 saturated carbocycles. The highest BCUT2D eigenvalue weighted by atomic mass is 32.2. The molecule has 1 atom stereocenters. The number of oxime groups is 1. The van der Waals surface area contributed by atoms with Gasteiger partial charge in [-0.15, -0.1) is 0 Å². The summed E-state index contributed by atoms with van der Waals surface area (Å²) in [6.45, 7) is 15.5. The lowest BCUT2D eigenvalue weighted by atomic mass is 9.91. The van der Waals surface area contributed by atoms with E-state index in [-0.39, 0.29) is 96.7 Å². The van der Waals surface area contributed by atoms with Gasteiger partial charge in [-0.2, -0.15) is 18.7 Å². The number of para-hydroxylation sites is 2. The Bertz CT molecular complexity index is 5130. The van der Waals surface area contributed by atoms with Gasteiger partial charge in [0.05, 0.1) is 92.5 Å². The van der Waals surface area contributed by atoms with Crippen LogP contribution < -0.4 is 44.8 Å². The molecule has 5 N–H and O–H groups in total. The molecule has 1 fully saturated rings. The molecule has 1 aliphatic carbocycles. The van der Waals surface area contributed by atoms with E-state index >= 15 is 0 Å². The normalized spacial score (nSPS) is 13.8. The van der Waals surface area contributed by atoms with Gasteiger partial charge in [0.2, 0.25) is 17.6 Å². The molecule has 3 aliphatic rings. The summed E-state index contributed by atoms with van der Waals surface area (Å²) in [6, 6.07) is 24.7. The van der Waals surface area contributed by atoms with Crippen LogP contribution in [0, 0.1) is 19.3 Å². The molecule has 3 aromatic heterocycles. The number of carbonyl (C=O) groups excluding carboxylic acids is 4. The second-order valence-corrected chi connectivity index (χ2v) is 31.2. The molecular formula is C73H86F2N10O20S3. The summed E-state index contributed by atoms with van der Waals surface area (Å²) < 4.78 is 138. The van der Waals surface area contributed by atoms with Crippen molar-refractivity contribution >= 4 is 64.8 Å². The van der Waals surface area contributed by atoms with E-state index in [1.165, 1.54) is 119 Å². The Labute approximate surface area is 622 Å². The number of aliphatic hydroxyl groups is 1. The summed E-state index contributed by atoms with van der Waals surface area (Å²) in [4.78, 5) is 88.3. The number of sulfonamides is 2. The number of aromatic amines is 1. The Morgan fingerprint density at radius 2 is 1.36 bits per heavy atom. The maximum Gasteiger partial charge on any atom is 0.355 e. The lowest BCUT2D eigenvalue weighted by Crippen LogP contribution is -2.31. The number of H-pyrrole nitrogens is 1. The largest absolute Gasteiger partial charge is 0.496 e. The van der Waals surface area contributed by atoms with Crippen LogP contribution in [0.1, 0.15) is 141 Å². The standard InChI is InChI=1S/C23H32N2O4.C18H18N2O5S.C16H19F2N3O6S.C16H17N3O5S/c1-7-16-13-15(3)14-17(8-2)18(16)19-20(26)24-9-11-28-12-10-25(24)21(19)29-22(27)23(4,5)6;1-25-16-5-3-2-4-15(16)18(22)20-26(23,24)14-10-6-12(7-11-14)17(21)19-13-8-9-13;1-25-8-9-5-4-6-10(13(9)21-28(23,24)16(17)18)14(22)15-19-11(26-2)7-12(20-15)27-3;1-9-10(15(20)11-8-17-19(2)16(11)21)4-5-13(25(3,22)23)14(9)12-6-7-24-18-12/h13-14H,7-12H2,1-6H3;2-7,10-11,13H,8-9H2,1H3,(H,19,21)(H,20,22);4-7,14,16,21-22H,8H2,1-3H3;4-5,8,17H,6-7H2,1-3H3. The van der Waals surface area contributed by atoms with Crippen molar-refractivity contribution in [2.75, 3.05) is 59.2 Å². The number of rotatable bonds is 23. The number of nitrogens with zero attached hydrogens (tertiary/aromatic N) is 6. The molecule has 35 heteroatoms. The van der Waals surface area contributed by atoms with Crippen molar-refractivity contribution in [3.05, 3.63) is 191 Å². The molecule has 0 saturated heterocycles. The van der Waals surface area contributed by atoms with Crippen molar-refractivity contribution in [3.63, 3.8) is 0 Å². The fourth-order valence-corrected chi connectivity index (χ4v) is 13.9. The van der Waals surface area contributed by atoms with Crippen LogP contribution >= 0.6 is 0 Å². The quantitative estimate of drug-likeness (QED) is 0.0300. The summed E-state index contributed by atoms with van der Waals surface area (Å²) in [5, 5.41) is 20.1. The third-order valence-corrected chi connectivity index (χ3v) is 20.5. The van der Waals surface area contributed by atoms with Crippen LogP contribution in [-0.2, 0) is 88.6 Å². The zero-order valence-corrected chi connectivity index (χ0v) is 64.1. The average molecular weight is 1560 g/mol. The predicted molar refractivity (Wildman–Crippen MR) is 394 cm³/mol. The molecule has 2 amide bonds. The van der Waals surface area contributed by atoms with E-state index in [9.17, 15) is 67.9 Å². The smallest absolute Gasteiger partial charge is 0.355 e. The van der Waals surface area contributed by atoms with Crippen molar-refractivity contribution in [2.45, 2.75) is 128 Å². The van der Waals surface area contributed by atoms with E-state index in [1.54, 1.807) is 34.5 Å². The minimum atomic E-state index is -5.00.